The first-order chi connectivity index (χ1) is 38.6. The molecule has 0 aliphatic rings. The van der Waals surface area contributed by atoms with Gasteiger partial charge in [0.25, 0.3) is 0 Å². The summed E-state index contributed by atoms with van der Waals surface area (Å²) in [6.07, 6.45) is 91.9. The van der Waals surface area contributed by atoms with E-state index in [1.54, 1.807) is 0 Å². The molecule has 5 nitrogen and oxygen atoms in total. The quantitative estimate of drug-likeness (QED) is 0.0373. The van der Waals surface area contributed by atoms with E-state index < -0.39 is 6.10 Å². The van der Waals surface area contributed by atoms with E-state index >= 15 is 0 Å². The first-order valence-corrected chi connectivity index (χ1v) is 35.5. The molecule has 78 heavy (non-hydrogen) atoms. The average Bonchev–Trinajstić information content (AvgIpc) is 3.44. The van der Waals surface area contributed by atoms with Gasteiger partial charge in [0.2, 0.25) is 0 Å². The first kappa shape index (κ1) is 76.1. The largest absolute Gasteiger partial charge is 0.462 e. The number of carbonyl (C=O) groups is 2. The number of aliphatic hydroxyl groups is 1. The number of aliphatic hydroxyl groups excluding tert-OH is 1. The minimum atomic E-state index is -0.769. The highest BCUT2D eigenvalue weighted by Gasteiger charge is 2.16. The summed E-state index contributed by atoms with van der Waals surface area (Å²) >= 11 is 0. The van der Waals surface area contributed by atoms with E-state index in [1.165, 1.54) is 334 Å². The zero-order chi connectivity index (χ0) is 56.2. The van der Waals surface area contributed by atoms with E-state index in [0.29, 0.717) is 12.8 Å². The van der Waals surface area contributed by atoms with Crippen LogP contribution in [0.5, 0.6) is 0 Å². The lowest BCUT2D eigenvalue weighted by Crippen LogP contribution is -2.28. The van der Waals surface area contributed by atoms with Gasteiger partial charge in [-0.2, -0.15) is 0 Å². The Labute approximate surface area is 488 Å². The van der Waals surface area contributed by atoms with Gasteiger partial charge in [0.1, 0.15) is 6.61 Å². The maximum absolute atomic E-state index is 12.4. The van der Waals surface area contributed by atoms with Crippen LogP contribution in [-0.2, 0) is 19.1 Å². The molecule has 0 amide bonds. The summed E-state index contributed by atoms with van der Waals surface area (Å²) in [6.45, 7) is 4.19. The predicted molar refractivity (Wildman–Crippen MR) is 344 cm³/mol. The van der Waals surface area contributed by atoms with E-state index in [2.05, 4.69) is 50.3 Å². The van der Waals surface area contributed by atoms with E-state index in [9.17, 15) is 14.7 Å². The van der Waals surface area contributed by atoms with Crippen LogP contribution >= 0.6 is 0 Å². The first-order valence-electron chi connectivity index (χ1n) is 35.5. The maximum atomic E-state index is 12.4. The van der Waals surface area contributed by atoms with Gasteiger partial charge >= 0.3 is 11.9 Å². The summed E-state index contributed by atoms with van der Waals surface area (Å²) in [5.41, 5.74) is 0. The highest BCUT2D eigenvalue weighted by atomic mass is 16.6. The Morgan fingerprint density at radius 3 is 0.769 bits per heavy atom. The van der Waals surface area contributed by atoms with Crippen molar-refractivity contribution in [2.24, 2.45) is 0 Å². The molecule has 5 heteroatoms. The lowest BCUT2D eigenvalue weighted by molar-refractivity contribution is -0.161. The van der Waals surface area contributed by atoms with Gasteiger partial charge in [0.15, 0.2) is 6.10 Å². The minimum Gasteiger partial charge on any atom is -0.462 e. The molecule has 0 radical (unpaired) electrons. The average molecular weight is 1100 g/mol. The molecule has 0 aromatic carbocycles. The van der Waals surface area contributed by atoms with Crippen molar-refractivity contribution in [1.82, 2.24) is 0 Å². The molecule has 0 aliphatic heterocycles. The molecule has 0 rings (SSSR count). The molecule has 0 fully saturated rings. The van der Waals surface area contributed by atoms with Gasteiger partial charge in [0.05, 0.1) is 6.61 Å². The molecule has 460 valence electrons. The van der Waals surface area contributed by atoms with E-state index in [0.717, 1.165) is 38.5 Å². The Morgan fingerprint density at radius 1 is 0.295 bits per heavy atom. The van der Waals surface area contributed by atoms with E-state index in [-0.39, 0.29) is 25.2 Å². The van der Waals surface area contributed by atoms with Crippen LogP contribution in [0.25, 0.3) is 0 Å². The summed E-state index contributed by atoms with van der Waals surface area (Å²) in [5.74, 6) is -0.565. The molecular formula is C73H138O5. The van der Waals surface area contributed by atoms with Crippen molar-refractivity contribution in [1.29, 1.82) is 0 Å². The third kappa shape index (κ3) is 66.6. The Bertz CT molecular complexity index is 1240. The molecule has 0 aromatic rings. The summed E-state index contributed by atoms with van der Waals surface area (Å²) in [6, 6.07) is 0. The molecule has 0 saturated carbocycles. The van der Waals surface area contributed by atoms with Crippen LogP contribution in [-0.4, -0.2) is 36.4 Å². The van der Waals surface area contributed by atoms with Gasteiger partial charge in [-0.3, -0.25) is 9.59 Å². The van der Waals surface area contributed by atoms with Crippen molar-refractivity contribution in [2.45, 2.75) is 405 Å². The Morgan fingerprint density at radius 2 is 0.513 bits per heavy atom. The molecule has 0 bridgehead atoms. The van der Waals surface area contributed by atoms with Gasteiger partial charge in [0, 0.05) is 12.8 Å². The smallest absolute Gasteiger partial charge is 0.306 e. The van der Waals surface area contributed by atoms with E-state index in [1.807, 2.05) is 0 Å². The summed E-state index contributed by atoms with van der Waals surface area (Å²) in [4.78, 5) is 24.7. The Balaban J connectivity index is 3.38. The molecule has 1 unspecified atom stereocenters. The van der Waals surface area contributed by atoms with Crippen molar-refractivity contribution in [3.8, 4) is 0 Å². The second kappa shape index (κ2) is 69.4. The van der Waals surface area contributed by atoms with Crippen molar-refractivity contribution >= 4 is 11.9 Å². The molecule has 0 aliphatic carbocycles. The predicted octanol–water partition coefficient (Wildman–Crippen LogP) is 24.5. The number of unbranched alkanes of at least 4 members (excludes halogenated alkanes) is 53. The number of hydrogen-bond acceptors (Lipinski definition) is 5. The van der Waals surface area contributed by atoms with Gasteiger partial charge in [-0.25, -0.2) is 0 Å². The van der Waals surface area contributed by atoms with Crippen molar-refractivity contribution < 1.29 is 24.2 Å². The number of allylic oxidation sites excluding steroid dienone is 6. The van der Waals surface area contributed by atoms with Crippen LogP contribution in [0.15, 0.2) is 36.5 Å². The van der Waals surface area contributed by atoms with Crippen molar-refractivity contribution in [3.05, 3.63) is 36.5 Å². The molecule has 0 aromatic heterocycles. The van der Waals surface area contributed by atoms with Crippen LogP contribution in [0.4, 0.5) is 0 Å². The highest BCUT2D eigenvalue weighted by Crippen LogP contribution is 2.19. The zero-order valence-electron chi connectivity index (χ0n) is 53.0. The lowest BCUT2D eigenvalue weighted by Gasteiger charge is -2.15. The summed E-state index contributed by atoms with van der Waals surface area (Å²) in [7, 11) is 0. The monoisotopic (exact) mass is 1100 g/mol. The summed E-state index contributed by atoms with van der Waals surface area (Å²) < 4.78 is 10.8. The van der Waals surface area contributed by atoms with Gasteiger partial charge < -0.3 is 14.6 Å². The maximum Gasteiger partial charge on any atom is 0.306 e. The van der Waals surface area contributed by atoms with Crippen LogP contribution in [0.1, 0.15) is 399 Å². The SMILES string of the molecule is CCCCCCC/C=C\C/C=C\CCCCCCCCCCCCCCCCCCCCCCCCCC(=O)OC(CO)COC(=O)CCCCCCCCCCCCCCCCCCC/C=C\CCCCCCCCCC. The van der Waals surface area contributed by atoms with Gasteiger partial charge in [-0.1, -0.05) is 352 Å². The minimum absolute atomic E-state index is 0.0590. The Kier molecular flexibility index (Phi) is 67.7. The fourth-order valence-corrected chi connectivity index (χ4v) is 11.1. The van der Waals surface area contributed by atoms with Crippen LogP contribution < -0.4 is 0 Å². The second-order valence-corrected chi connectivity index (χ2v) is 24.3. The third-order valence-electron chi connectivity index (χ3n) is 16.4. The normalized spacial score (nSPS) is 12.3. The molecule has 1 atom stereocenters. The topological polar surface area (TPSA) is 72.8 Å². The number of rotatable bonds is 67. The summed E-state index contributed by atoms with van der Waals surface area (Å²) in [5, 5.41) is 9.70. The van der Waals surface area contributed by atoms with Crippen LogP contribution in [0.3, 0.4) is 0 Å². The number of hydrogen-bond donors (Lipinski definition) is 1. The van der Waals surface area contributed by atoms with Crippen molar-refractivity contribution in [3.63, 3.8) is 0 Å². The lowest BCUT2D eigenvalue weighted by atomic mass is 10.0. The van der Waals surface area contributed by atoms with Gasteiger partial charge in [-0.05, 0) is 70.6 Å². The fourth-order valence-electron chi connectivity index (χ4n) is 11.1. The molecule has 0 saturated heterocycles. The number of esters is 2. The van der Waals surface area contributed by atoms with Crippen LogP contribution in [0.2, 0.25) is 0 Å². The highest BCUT2D eigenvalue weighted by molar-refractivity contribution is 5.70. The van der Waals surface area contributed by atoms with Crippen LogP contribution in [0, 0.1) is 0 Å². The molecule has 1 N–H and O–H groups in total. The Hall–Kier alpha value is -1.88. The molecular weight excluding hydrogens is 957 g/mol. The molecule has 0 heterocycles. The number of ether oxygens (including phenoxy) is 2. The van der Waals surface area contributed by atoms with E-state index in [4.69, 9.17) is 9.47 Å². The molecule has 0 spiro atoms. The van der Waals surface area contributed by atoms with Crippen molar-refractivity contribution in [2.75, 3.05) is 13.2 Å². The number of carbonyl (C=O) groups excluding carboxylic acids is 2. The van der Waals surface area contributed by atoms with Gasteiger partial charge in [-0.15, -0.1) is 0 Å². The fraction of sp³-hybridized carbons (Fsp3) is 0.890. The third-order valence-corrected chi connectivity index (χ3v) is 16.4. The standard InChI is InChI=1S/C73H138O5/c1-3-5-7-9-11-13-15-17-19-21-23-25-27-29-31-33-34-35-36-37-38-40-42-44-46-48-50-52-54-56-58-60-62-64-66-68-73(76)78-71(69-74)70-77-72(75)67-65-63-61-59-57-55-53-51-49-47-45-43-41-39-32-30-28-26-24-22-20-18-16-14-12-10-8-6-4-2/h15,17,21-24,71,74H,3-14,16,18-20,25-70H2,1-2H3/b17-15-,23-21-,24-22-. The second-order valence-electron chi connectivity index (χ2n) is 24.3. The zero-order valence-corrected chi connectivity index (χ0v) is 53.0.